The minimum atomic E-state index is -0.225. The van der Waals surface area contributed by atoms with Gasteiger partial charge in [-0.2, -0.15) is 4.98 Å². The number of rotatable bonds is 10. The summed E-state index contributed by atoms with van der Waals surface area (Å²) in [5.41, 5.74) is 1.70. The van der Waals surface area contributed by atoms with Gasteiger partial charge in [-0.05, 0) is 56.6 Å². The number of unbranched alkanes of at least 4 members (excludes halogenated alkanes) is 1. The smallest absolute Gasteiger partial charge is 0.256 e. The summed E-state index contributed by atoms with van der Waals surface area (Å²) in [6, 6.07) is 4.39. The third-order valence-electron chi connectivity index (χ3n) is 6.94. The van der Waals surface area contributed by atoms with Crippen molar-refractivity contribution in [2.24, 2.45) is 0 Å². The van der Waals surface area contributed by atoms with Crippen molar-refractivity contribution in [2.75, 3.05) is 30.3 Å². The fourth-order valence-corrected chi connectivity index (χ4v) is 4.78. The first-order valence-corrected chi connectivity index (χ1v) is 13.1. The minimum Gasteiger partial charge on any atom is -0.393 e. The van der Waals surface area contributed by atoms with Crippen LogP contribution in [-0.2, 0) is 6.54 Å². The van der Waals surface area contributed by atoms with Crippen molar-refractivity contribution in [3.05, 3.63) is 41.9 Å². The predicted octanol–water partition coefficient (Wildman–Crippen LogP) is 3.19. The number of piperidine rings is 1. The van der Waals surface area contributed by atoms with Crippen LogP contribution in [0.25, 0.3) is 0 Å². The van der Waals surface area contributed by atoms with Crippen LogP contribution in [0.5, 0.6) is 0 Å². The zero-order valence-electron chi connectivity index (χ0n) is 20.7. The zero-order chi connectivity index (χ0) is 24.5. The molecule has 9 nitrogen and oxygen atoms in total. The standard InChI is InChI=1S/C26H39N7O2/c1-2-3-13-28-26-29-17-23(24(32-26)30-20-6-8-22(34)9-7-20)25(35)31-21-10-14-33(15-11-21)18-19-5-4-12-27-16-19/h4-5,12,16-17,20-22,34H,2-3,6-11,13-15,18H2,1H3,(H,31,35)(H2,28,29,30,32)/t20-,22-. The summed E-state index contributed by atoms with van der Waals surface area (Å²) in [7, 11) is 0. The van der Waals surface area contributed by atoms with Gasteiger partial charge in [-0.25, -0.2) is 4.98 Å². The van der Waals surface area contributed by atoms with Crippen molar-refractivity contribution in [3.63, 3.8) is 0 Å². The van der Waals surface area contributed by atoms with Gasteiger partial charge >= 0.3 is 0 Å². The molecular formula is C26H39N7O2. The second kappa shape index (κ2) is 12.8. The number of aliphatic hydroxyl groups excluding tert-OH is 1. The second-order valence-electron chi connectivity index (χ2n) is 9.77. The molecular weight excluding hydrogens is 442 g/mol. The molecule has 0 spiro atoms. The van der Waals surface area contributed by atoms with E-state index in [2.05, 4.69) is 48.8 Å². The maximum Gasteiger partial charge on any atom is 0.256 e. The molecule has 1 amide bonds. The molecule has 1 aliphatic heterocycles. The summed E-state index contributed by atoms with van der Waals surface area (Å²) < 4.78 is 0. The highest BCUT2D eigenvalue weighted by Crippen LogP contribution is 2.24. The average Bonchev–Trinajstić information content (AvgIpc) is 2.87. The summed E-state index contributed by atoms with van der Waals surface area (Å²) in [6.45, 7) is 5.70. The number of aliphatic hydroxyl groups is 1. The number of carbonyl (C=O) groups excluding carboxylic acids is 1. The van der Waals surface area contributed by atoms with Crippen molar-refractivity contribution in [3.8, 4) is 0 Å². The molecule has 35 heavy (non-hydrogen) atoms. The van der Waals surface area contributed by atoms with E-state index in [0.717, 1.165) is 77.5 Å². The Kier molecular flexibility index (Phi) is 9.25. The number of aromatic nitrogens is 3. The van der Waals surface area contributed by atoms with E-state index in [9.17, 15) is 9.90 Å². The molecule has 1 aliphatic carbocycles. The maximum absolute atomic E-state index is 13.3. The van der Waals surface area contributed by atoms with Crippen LogP contribution in [0.15, 0.2) is 30.7 Å². The highest BCUT2D eigenvalue weighted by molar-refractivity contribution is 5.98. The number of amides is 1. The van der Waals surface area contributed by atoms with Crippen LogP contribution in [0.3, 0.4) is 0 Å². The Hall–Kier alpha value is -2.78. The molecule has 2 aliphatic rings. The molecule has 1 saturated carbocycles. The van der Waals surface area contributed by atoms with Gasteiger partial charge in [0.15, 0.2) is 0 Å². The van der Waals surface area contributed by atoms with Gasteiger partial charge in [0.25, 0.3) is 5.91 Å². The lowest BCUT2D eigenvalue weighted by Crippen LogP contribution is -2.44. The molecule has 2 aromatic rings. The molecule has 9 heteroatoms. The summed E-state index contributed by atoms with van der Waals surface area (Å²) in [4.78, 5) is 28.9. The van der Waals surface area contributed by atoms with Crippen LogP contribution in [0.1, 0.15) is 74.2 Å². The first-order chi connectivity index (χ1) is 17.1. The van der Waals surface area contributed by atoms with E-state index in [4.69, 9.17) is 0 Å². The molecule has 0 unspecified atom stereocenters. The van der Waals surface area contributed by atoms with Gasteiger partial charge in [0.05, 0.1) is 6.10 Å². The fraction of sp³-hybridized carbons (Fsp3) is 0.615. The van der Waals surface area contributed by atoms with E-state index in [-0.39, 0.29) is 24.1 Å². The molecule has 2 fully saturated rings. The topological polar surface area (TPSA) is 115 Å². The Morgan fingerprint density at radius 1 is 1.11 bits per heavy atom. The van der Waals surface area contributed by atoms with E-state index < -0.39 is 0 Å². The van der Waals surface area contributed by atoms with E-state index in [1.165, 1.54) is 5.56 Å². The summed E-state index contributed by atoms with van der Waals surface area (Å²) in [6.07, 6.45) is 12.3. The number of hydrogen-bond donors (Lipinski definition) is 4. The average molecular weight is 482 g/mol. The third-order valence-corrected chi connectivity index (χ3v) is 6.94. The first-order valence-electron chi connectivity index (χ1n) is 13.1. The molecule has 1 saturated heterocycles. The monoisotopic (exact) mass is 481 g/mol. The fourth-order valence-electron chi connectivity index (χ4n) is 4.78. The van der Waals surface area contributed by atoms with Crippen LogP contribution in [-0.4, -0.2) is 68.7 Å². The molecule has 0 bridgehead atoms. The van der Waals surface area contributed by atoms with Gasteiger partial charge in [0.1, 0.15) is 11.4 Å². The first kappa shape index (κ1) is 25.3. The Bertz CT molecular complexity index is 927. The van der Waals surface area contributed by atoms with Crippen LogP contribution < -0.4 is 16.0 Å². The van der Waals surface area contributed by atoms with E-state index in [1.807, 2.05) is 12.3 Å². The molecule has 4 N–H and O–H groups in total. The number of likely N-dealkylation sites (tertiary alicyclic amines) is 1. The van der Waals surface area contributed by atoms with Gasteiger partial charge in [0.2, 0.25) is 5.95 Å². The van der Waals surface area contributed by atoms with Crippen molar-refractivity contribution >= 4 is 17.7 Å². The Balaban J connectivity index is 1.36. The van der Waals surface area contributed by atoms with Crippen LogP contribution in [0, 0.1) is 0 Å². The van der Waals surface area contributed by atoms with Crippen LogP contribution in [0.4, 0.5) is 11.8 Å². The third kappa shape index (κ3) is 7.60. The SMILES string of the molecule is CCCCNc1ncc(C(=O)NC2CCN(Cc3cccnc3)CC2)c(N[C@H]2CC[C@H](O)CC2)n1. The van der Waals surface area contributed by atoms with E-state index in [1.54, 1.807) is 12.4 Å². The Morgan fingerprint density at radius 2 is 1.91 bits per heavy atom. The van der Waals surface area contributed by atoms with Gasteiger partial charge in [-0.15, -0.1) is 0 Å². The van der Waals surface area contributed by atoms with Crippen LogP contribution in [0.2, 0.25) is 0 Å². The summed E-state index contributed by atoms with van der Waals surface area (Å²) in [5, 5.41) is 19.8. The number of nitrogens with zero attached hydrogens (tertiary/aromatic N) is 4. The number of pyridine rings is 1. The quantitative estimate of drug-likeness (QED) is 0.383. The molecule has 0 aromatic carbocycles. The predicted molar refractivity (Wildman–Crippen MR) is 137 cm³/mol. The number of anilines is 2. The van der Waals surface area contributed by atoms with Gasteiger partial charge < -0.3 is 21.1 Å². The summed E-state index contributed by atoms with van der Waals surface area (Å²) >= 11 is 0. The lowest BCUT2D eigenvalue weighted by molar-refractivity contribution is 0.0908. The lowest BCUT2D eigenvalue weighted by atomic mass is 9.93. The molecule has 0 atom stereocenters. The highest BCUT2D eigenvalue weighted by Gasteiger charge is 2.25. The summed E-state index contributed by atoms with van der Waals surface area (Å²) in [5.74, 6) is 0.984. The Morgan fingerprint density at radius 3 is 2.63 bits per heavy atom. The van der Waals surface area contributed by atoms with E-state index in [0.29, 0.717) is 17.3 Å². The van der Waals surface area contributed by atoms with Gasteiger partial charge in [-0.1, -0.05) is 19.4 Å². The van der Waals surface area contributed by atoms with Crippen molar-refractivity contribution in [1.29, 1.82) is 0 Å². The molecule has 2 aromatic heterocycles. The molecule has 4 rings (SSSR count). The molecule has 3 heterocycles. The van der Waals surface area contributed by atoms with Gasteiger partial charge in [-0.3, -0.25) is 14.7 Å². The molecule has 0 radical (unpaired) electrons. The normalized spacial score (nSPS) is 21.4. The number of hydrogen-bond acceptors (Lipinski definition) is 8. The number of carbonyl (C=O) groups is 1. The van der Waals surface area contributed by atoms with Gasteiger partial charge in [0, 0.05) is 56.9 Å². The zero-order valence-corrected chi connectivity index (χ0v) is 20.7. The minimum absolute atomic E-state index is 0.130. The highest BCUT2D eigenvalue weighted by atomic mass is 16.3. The second-order valence-corrected chi connectivity index (χ2v) is 9.77. The number of nitrogens with one attached hydrogen (secondary N) is 3. The molecule has 190 valence electrons. The largest absolute Gasteiger partial charge is 0.393 e. The Labute approximate surface area is 208 Å². The van der Waals surface area contributed by atoms with Crippen LogP contribution >= 0.6 is 0 Å². The lowest BCUT2D eigenvalue weighted by Gasteiger charge is -2.32. The van der Waals surface area contributed by atoms with Crippen molar-refractivity contribution in [2.45, 2.75) is 83.0 Å². The van der Waals surface area contributed by atoms with E-state index >= 15 is 0 Å². The van der Waals surface area contributed by atoms with Crippen molar-refractivity contribution < 1.29 is 9.90 Å². The maximum atomic E-state index is 13.3. The van der Waals surface area contributed by atoms with Crippen molar-refractivity contribution in [1.82, 2.24) is 25.2 Å².